The van der Waals surface area contributed by atoms with E-state index in [1.54, 1.807) is 0 Å². The number of para-hydroxylation sites is 1. The van der Waals surface area contributed by atoms with Gasteiger partial charge in [0, 0.05) is 43.6 Å². The first kappa shape index (κ1) is 21.7. The van der Waals surface area contributed by atoms with Gasteiger partial charge in [0.25, 0.3) is 0 Å². The summed E-state index contributed by atoms with van der Waals surface area (Å²) < 4.78 is 6.01. The normalized spacial score (nSPS) is 21.7. The largest absolute Gasteiger partial charge is 0.382 e. The fraction of sp³-hybridized carbons (Fsp3) is 0.500. The molecule has 0 bridgehead atoms. The molecule has 0 atom stereocenters. The lowest BCUT2D eigenvalue weighted by molar-refractivity contribution is -0.139. The molecular formula is C26H35N3O2. The van der Waals surface area contributed by atoms with E-state index >= 15 is 0 Å². The molecule has 0 spiro atoms. The highest BCUT2D eigenvalue weighted by atomic mass is 16.5. The summed E-state index contributed by atoms with van der Waals surface area (Å²) in [5.74, 6) is 0.128. The Labute approximate surface area is 186 Å². The van der Waals surface area contributed by atoms with E-state index in [1.165, 1.54) is 22.5 Å². The zero-order chi connectivity index (χ0) is 21.6. The molecule has 2 aliphatic rings. The molecule has 1 amide bonds. The number of piperazine rings is 1. The van der Waals surface area contributed by atoms with E-state index < -0.39 is 0 Å². The van der Waals surface area contributed by atoms with Crippen LogP contribution in [0.4, 0.5) is 11.4 Å². The number of hydrogen-bond acceptors (Lipinski definition) is 4. The number of hydrogen-bond donors (Lipinski definition) is 1. The molecule has 2 aromatic carbocycles. The van der Waals surface area contributed by atoms with Crippen molar-refractivity contribution in [1.29, 1.82) is 0 Å². The van der Waals surface area contributed by atoms with Gasteiger partial charge in [-0.05, 0) is 63.3 Å². The van der Waals surface area contributed by atoms with Crippen molar-refractivity contribution in [3.63, 3.8) is 0 Å². The van der Waals surface area contributed by atoms with Crippen molar-refractivity contribution in [2.45, 2.75) is 51.7 Å². The Morgan fingerprint density at radius 1 is 0.968 bits per heavy atom. The maximum Gasteiger partial charge on any atom is 0.248 e. The molecule has 166 valence electrons. The van der Waals surface area contributed by atoms with Gasteiger partial charge in [-0.25, -0.2) is 0 Å². The number of carbonyl (C=O) groups is 1. The van der Waals surface area contributed by atoms with Gasteiger partial charge in [0.15, 0.2) is 0 Å². The predicted molar refractivity (Wildman–Crippen MR) is 127 cm³/mol. The Hall–Kier alpha value is -2.53. The van der Waals surface area contributed by atoms with Crippen LogP contribution in [-0.2, 0) is 9.53 Å². The van der Waals surface area contributed by atoms with E-state index in [0.717, 1.165) is 51.9 Å². The van der Waals surface area contributed by atoms with Crippen molar-refractivity contribution < 1.29 is 9.53 Å². The van der Waals surface area contributed by atoms with E-state index in [2.05, 4.69) is 66.5 Å². The van der Waals surface area contributed by atoms with E-state index in [-0.39, 0.29) is 18.6 Å². The van der Waals surface area contributed by atoms with Crippen LogP contribution in [0.2, 0.25) is 0 Å². The summed E-state index contributed by atoms with van der Waals surface area (Å²) in [5.41, 5.74) is 5.07. The van der Waals surface area contributed by atoms with Crippen LogP contribution in [0, 0.1) is 13.8 Å². The van der Waals surface area contributed by atoms with Gasteiger partial charge < -0.3 is 19.9 Å². The van der Waals surface area contributed by atoms with E-state index in [0.29, 0.717) is 6.04 Å². The Kier molecular flexibility index (Phi) is 7.13. The summed E-state index contributed by atoms with van der Waals surface area (Å²) >= 11 is 0. The Morgan fingerprint density at radius 2 is 1.68 bits per heavy atom. The monoisotopic (exact) mass is 421 g/mol. The smallest absolute Gasteiger partial charge is 0.248 e. The highest BCUT2D eigenvalue weighted by Gasteiger charge is 2.25. The van der Waals surface area contributed by atoms with Crippen molar-refractivity contribution >= 4 is 17.3 Å². The minimum Gasteiger partial charge on any atom is -0.382 e. The molecule has 5 nitrogen and oxygen atoms in total. The molecule has 5 heteroatoms. The SMILES string of the molecule is Cc1ccc(NC2CCC(OCC(=O)N3CCN(c4ccccc4)CC3)CC2)c(C)c1. The van der Waals surface area contributed by atoms with Crippen molar-refractivity contribution in [2.24, 2.45) is 0 Å². The van der Waals surface area contributed by atoms with Crippen molar-refractivity contribution in [2.75, 3.05) is 43.0 Å². The molecule has 1 saturated heterocycles. The zero-order valence-electron chi connectivity index (χ0n) is 18.8. The molecule has 1 heterocycles. The molecule has 0 unspecified atom stereocenters. The van der Waals surface area contributed by atoms with Crippen LogP contribution in [0.25, 0.3) is 0 Å². The summed E-state index contributed by atoms with van der Waals surface area (Å²) in [6.45, 7) is 7.80. The fourth-order valence-corrected chi connectivity index (χ4v) is 4.70. The second kappa shape index (κ2) is 10.2. The maximum atomic E-state index is 12.6. The number of benzene rings is 2. The van der Waals surface area contributed by atoms with Crippen LogP contribution in [-0.4, -0.2) is 55.7 Å². The van der Waals surface area contributed by atoms with Gasteiger partial charge >= 0.3 is 0 Å². The minimum absolute atomic E-state index is 0.128. The summed E-state index contributed by atoms with van der Waals surface area (Å²) in [6.07, 6.45) is 4.39. The van der Waals surface area contributed by atoms with Gasteiger partial charge in [-0.15, -0.1) is 0 Å². The van der Waals surface area contributed by atoms with Gasteiger partial charge in [0.1, 0.15) is 6.61 Å². The minimum atomic E-state index is 0.128. The summed E-state index contributed by atoms with van der Waals surface area (Å²) in [7, 11) is 0. The average Bonchev–Trinajstić information content (AvgIpc) is 2.81. The molecule has 1 aliphatic heterocycles. The quantitative estimate of drug-likeness (QED) is 0.751. The standard InChI is InChI=1S/C26H35N3O2/c1-20-8-13-25(21(2)18-20)27-22-9-11-24(12-10-22)31-19-26(30)29-16-14-28(15-17-29)23-6-4-3-5-7-23/h3-8,13,18,22,24,27H,9-12,14-17,19H2,1-2H3. The van der Waals surface area contributed by atoms with Crippen LogP contribution in [0.3, 0.4) is 0 Å². The van der Waals surface area contributed by atoms with Gasteiger partial charge in [-0.2, -0.15) is 0 Å². The zero-order valence-corrected chi connectivity index (χ0v) is 18.8. The maximum absolute atomic E-state index is 12.6. The van der Waals surface area contributed by atoms with Gasteiger partial charge in [0.05, 0.1) is 6.10 Å². The number of nitrogens with one attached hydrogen (secondary N) is 1. The van der Waals surface area contributed by atoms with Gasteiger partial charge in [-0.3, -0.25) is 4.79 Å². The highest BCUT2D eigenvalue weighted by Crippen LogP contribution is 2.26. The molecule has 0 radical (unpaired) electrons. The molecular weight excluding hydrogens is 386 g/mol. The lowest BCUT2D eigenvalue weighted by atomic mass is 9.92. The number of ether oxygens (including phenoxy) is 1. The van der Waals surface area contributed by atoms with Gasteiger partial charge in [-0.1, -0.05) is 35.9 Å². The summed E-state index contributed by atoms with van der Waals surface area (Å²) in [6, 6.07) is 17.5. The third-order valence-electron chi connectivity index (χ3n) is 6.61. The Bertz CT molecular complexity index is 854. The van der Waals surface area contributed by atoms with E-state index in [9.17, 15) is 4.79 Å². The number of carbonyl (C=O) groups excluding carboxylic acids is 1. The highest BCUT2D eigenvalue weighted by molar-refractivity contribution is 5.77. The second-order valence-corrected chi connectivity index (χ2v) is 8.95. The van der Waals surface area contributed by atoms with Crippen LogP contribution >= 0.6 is 0 Å². The lowest BCUT2D eigenvalue weighted by Gasteiger charge is -2.36. The van der Waals surface area contributed by atoms with E-state index in [4.69, 9.17) is 4.74 Å². The fourth-order valence-electron chi connectivity index (χ4n) is 4.70. The number of anilines is 2. The van der Waals surface area contributed by atoms with Crippen molar-refractivity contribution in [3.05, 3.63) is 59.7 Å². The molecule has 1 N–H and O–H groups in total. The van der Waals surface area contributed by atoms with E-state index in [1.807, 2.05) is 11.0 Å². The van der Waals surface area contributed by atoms with Crippen LogP contribution in [0.1, 0.15) is 36.8 Å². The third kappa shape index (κ3) is 5.79. The summed E-state index contributed by atoms with van der Waals surface area (Å²) in [4.78, 5) is 16.9. The Balaban J connectivity index is 1.16. The number of rotatable bonds is 6. The first-order valence-electron chi connectivity index (χ1n) is 11.6. The first-order valence-corrected chi connectivity index (χ1v) is 11.6. The number of nitrogens with zero attached hydrogens (tertiary/aromatic N) is 2. The predicted octanol–water partition coefficient (Wildman–Crippen LogP) is 4.39. The van der Waals surface area contributed by atoms with Crippen molar-refractivity contribution in [1.82, 2.24) is 4.90 Å². The topological polar surface area (TPSA) is 44.8 Å². The first-order chi connectivity index (χ1) is 15.1. The van der Waals surface area contributed by atoms with Crippen LogP contribution < -0.4 is 10.2 Å². The van der Waals surface area contributed by atoms with Crippen LogP contribution in [0.5, 0.6) is 0 Å². The molecule has 2 fully saturated rings. The molecule has 4 rings (SSSR count). The molecule has 2 aromatic rings. The lowest BCUT2D eigenvalue weighted by Crippen LogP contribution is -2.50. The van der Waals surface area contributed by atoms with Crippen molar-refractivity contribution in [3.8, 4) is 0 Å². The van der Waals surface area contributed by atoms with Crippen LogP contribution in [0.15, 0.2) is 48.5 Å². The average molecular weight is 422 g/mol. The third-order valence-corrected chi connectivity index (χ3v) is 6.61. The second-order valence-electron chi connectivity index (χ2n) is 8.95. The molecule has 0 aromatic heterocycles. The Morgan fingerprint density at radius 3 is 2.35 bits per heavy atom. The van der Waals surface area contributed by atoms with Gasteiger partial charge in [0.2, 0.25) is 5.91 Å². The number of aryl methyl sites for hydroxylation is 2. The number of amides is 1. The molecule has 31 heavy (non-hydrogen) atoms. The molecule has 1 saturated carbocycles. The summed E-state index contributed by atoms with van der Waals surface area (Å²) in [5, 5.41) is 3.70. The molecule has 1 aliphatic carbocycles.